The first kappa shape index (κ1) is 16.6. The number of hydrogen-bond acceptors (Lipinski definition) is 0. The second-order valence-corrected chi connectivity index (χ2v) is 5.77. The van der Waals surface area contributed by atoms with Crippen molar-refractivity contribution < 1.29 is 13.2 Å². The first-order chi connectivity index (χ1) is 10.5. The summed E-state index contributed by atoms with van der Waals surface area (Å²) < 4.78 is 41.6. The molecule has 0 saturated carbocycles. The fourth-order valence-corrected chi connectivity index (χ4v) is 2.23. The Morgan fingerprint density at radius 3 is 2.23 bits per heavy atom. The van der Waals surface area contributed by atoms with Crippen LogP contribution in [0.5, 0.6) is 0 Å². The summed E-state index contributed by atoms with van der Waals surface area (Å²) in [6, 6.07) is 6.91. The van der Waals surface area contributed by atoms with Crippen LogP contribution in [0.3, 0.4) is 0 Å². The average molecular weight is 367 g/mol. The van der Waals surface area contributed by atoms with E-state index in [9.17, 15) is 13.2 Å². The monoisotopic (exact) mass is 366 g/mol. The molecule has 0 radical (unpaired) electrons. The largest absolute Gasteiger partial charge is 0.206 e. The van der Waals surface area contributed by atoms with Crippen LogP contribution in [0.2, 0.25) is 0 Å². The molecule has 0 amide bonds. The minimum atomic E-state index is -0.684. The van der Waals surface area contributed by atoms with Crippen LogP contribution in [-0.2, 0) is 6.42 Å². The van der Waals surface area contributed by atoms with E-state index in [4.69, 9.17) is 0 Å². The van der Waals surface area contributed by atoms with Crippen molar-refractivity contribution in [3.63, 3.8) is 0 Å². The van der Waals surface area contributed by atoms with E-state index in [1.54, 1.807) is 6.07 Å². The predicted octanol–water partition coefficient (Wildman–Crippen LogP) is 5.61. The number of benzene rings is 2. The fourth-order valence-electron chi connectivity index (χ4n) is 1.98. The number of aryl methyl sites for hydroxylation is 1. The van der Waals surface area contributed by atoms with Crippen molar-refractivity contribution >= 4 is 15.9 Å². The molecule has 0 aliphatic heterocycles. The molecule has 22 heavy (non-hydrogen) atoms. The zero-order valence-corrected chi connectivity index (χ0v) is 13.6. The summed E-state index contributed by atoms with van der Waals surface area (Å²) in [7, 11) is 0. The van der Waals surface area contributed by atoms with Gasteiger partial charge in [0.05, 0.1) is 10.0 Å². The normalized spacial score (nSPS) is 10.2. The van der Waals surface area contributed by atoms with Crippen LogP contribution in [0.1, 0.15) is 36.5 Å². The van der Waals surface area contributed by atoms with Crippen molar-refractivity contribution in [1.82, 2.24) is 0 Å². The summed E-state index contributed by atoms with van der Waals surface area (Å²) in [6.45, 7) is 2.02. The Labute approximate surface area is 136 Å². The fraction of sp³-hybridized carbons (Fsp3) is 0.222. The Morgan fingerprint density at radius 2 is 1.64 bits per heavy atom. The predicted molar refractivity (Wildman–Crippen MR) is 85.1 cm³/mol. The van der Waals surface area contributed by atoms with E-state index in [1.165, 1.54) is 24.3 Å². The van der Waals surface area contributed by atoms with Crippen LogP contribution in [-0.4, -0.2) is 0 Å². The summed E-state index contributed by atoms with van der Waals surface area (Å²) in [5.74, 6) is 3.19. The zero-order valence-electron chi connectivity index (χ0n) is 12.0. The van der Waals surface area contributed by atoms with Crippen molar-refractivity contribution in [2.75, 3.05) is 0 Å². The third-order valence-corrected chi connectivity index (χ3v) is 3.82. The summed E-state index contributed by atoms with van der Waals surface area (Å²) in [5, 5.41) is 0. The summed E-state index contributed by atoms with van der Waals surface area (Å²) in [4.78, 5) is 0. The average Bonchev–Trinajstić information content (AvgIpc) is 2.47. The topological polar surface area (TPSA) is 0 Å². The van der Waals surface area contributed by atoms with Crippen molar-refractivity contribution in [3.05, 3.63) is 68.9 Å². The molecule has 0 unspecified atom stereocenters. The van der Waals surface area contributed by atoms with Gasteiger partial charge in [-0.2, -0.15) is 0 Å². The van der Waals surface area contributed by atoms with Crippen molar-refractivity contribution in [2.45, 2.75) is 26.2 Å². The Morgan fingerprint density at radius 1 is 0.955 bits per heavy atom. The number of rotatable bonds is 3. The van der Waals surface area contributed by atoms with Crippen LogP contribution in [0.15, 0.2) is 34.8 Å². The minimum Gasteiger partial charge on any atom is -0.206 e. The molecule has 0 fully saturated rings. The molecule has 0 aromatic heterocycles. The maximum absolute atomic E-state index is 14.0. The number of halogens is 4. The van der Waals surface area contributed by atoms with Crippen molar-refractivity contribution in [3.8, 4) is 11.8 Å². The quantitative estimate of drug-likeness (QED) is 0.619. The van der Waals surface area contributed by atoms with Gasteiger partial charge >= 0.3 is 0 Å². The van der Waals surface area contributed by atoms with Crippen LogP contribution < -0.4 is 0 Å². The van der Waals surface area contributed by atoms with Gasteiger partial charge in [-0.1, -0.05) is 25.2 Å². The van der Waals surface area contributed by atoms with E-state index in [2.05, 4.69) is 27.8 Å². The van der Waals surface area contributed by atoms with Gasteiger partial charge in [0.2, 0.25) is 0 Å². The van der Waals surface area contributed by atoms with Crippen molar-refractivity contribution in [2.24, 2.45) is 0 Å². The molecule has 4 heteroatoms. The SMILES string of the molecule is CCCCc1cc(F)c(C#Cc2ccc(Br)c(F)c2)c(F)c1. The zero-order chi connectivity index (χ0) is 16.1. The Bertz CT molecular complexity index is 719. The summed E-state index contributed by atoms with van der Waals surface area (Å²) in [5.41, 5.74) is 0.690. The molecule has 0 saturated heterocycles. The lowest BCUT2D eigenvalue weighted by atomic mass is 10.0. The van der Waals surface area contributed by atoms with E-state index in [0.29, 0.717) is 22.0 Å². The molecule has 0 heterocycles. The molecular formula is C18H14BrF3. The van der Waals surface area contributed by atoms with Crippen LogP contribution in [0.25, 0.3) is 0 Å². The molecule has 0 bridgehead atoms. The van der Waals surface area contributed by atoms with Gasteiger partial charge in [-0.05, 0) is 64.7 Å². The van der Waals surface area contributed by atoms with Gasteiger partial charge in [0.15, 0.2) is 0 Å². The van der Waals surface area contributed by atoms with E-state index in [0.717, 1.165) is 12.8 Å². The Balaban J connectivity index is 2.30. The van der Waals surface area contributed by atoms with Crippen LogP contribution in [0.4, 0.5) is 13.2 Å². The molecule has 0 aliphatic rings. The van der Waals surface area contributed by atoms with E-state index >= 15 is 0 Å². The second-order valence-electron chi connectivity index (χ2n) is 4.92. The molecule has 2 rings (SSSR count). The summed E-state index contributed by atoms with van der Waals surface area (Å²) >= 11 is 3.03. The molecule has 2 aromatic carbocycles. The van der Waals surface area contributed by atoms with Gasteiger partial charge in [0.1, 0.15) is 17.5 Å². The second kappa shape index (κ2) is 7.51. The highest BCUT2D eigenvalue weighted by Crippen LogP contribution is 2.18. The summed E-state index contributed by atoms with van der Waals surface area (Å²) in [6.07, 6.45) is 2.47. The highest BCUT2D eigenvalue weighted by Gasteiger charge is 2.09. The molecule has 0 spiro atoms. The minimum absolute atomic E-state index is 0.288. The first-order valence-corrected chi connectivity index (χ1v) is 7.75. The molecule has 0 nitrogen and oxygen atoms in total. The number of unbranched alkanes of at least 4 members (excludes halogenated alkanes) is 1. The Hall–Kier alpha value is -1.73. The highest BCUT2D eigenvalue weighted by molar-refractivity contribution is 9.10. The third kappa shape index (κ3) is 4.14. The standard InChI is InChI=1S/C18H14BrF3/c1-2-3-4-13-10-16(20)14(17(21)11-13)7-5-12-6-8-15(19)18(22)9-12/h6,8-11H,2-4H2,1H3. The first-order valence-electron chi connectivity index (χ1n) is 6.96. The lowest BCUT2D eigenvalue weighted by Crippen LogP contribution is -1.95. The molecular weight excluding hydrogens is 353 g/mol. The Kier molecular flexibility index (Phi) is 5.68. The lowest BCUT2D eigenvalue weighted by Gasteiger charge is -2.03. The molecule has 114 valence electrons. The van der Waals surface area contributed by atoms with Gasteiger partial charge in [0.25, 0.3) is 0 Å². The highest BCUT2D eigenvalue weighted by atomic mass is 79.9. The van der Waals surface area contributed by atoms with Crippen LogP contribution >= 0.6 is 15.9 Å². The van der Waals surface area contributed by atoms with Gasteiger partial charge in [-0.15, -0.1) is 0 Å². The molecule has 0 aliphatic carbocycles. The van der Waals surface area contributed by atoms with Gasteiger partial charge in [-0.25, -0.2) is 13.2 Å². The lowest BCUT2D eigenvalue weighted by molar-refractivity contribution is 0.572. The smallest absolute Gasteiger partial charge is 0.142 e. The maximum Gasteiger partial charge on any atom is 0.142 e. The van der Waals surface area contributed by atoms with Crippen molar-refractivity contribution in [1.29, 1.82) is 0 Å². The van der Waals surface area contributed by atoms with Gasteiger partial charge < -0.3 is 0 Å². The van der Waals surface area contributed by atoms with Gasteiger partial charge in [-0.3, -0.25) is 0 Å². The van der Waals surface area contributed by atoms with Crippen LogP contribution in [0, 0.1) is 29.3 Å². The maximum atomic E-state index is 14.0. The molecule has 0 atom stereocenters. The van der Waals surface area contributed by atoms with E-state index < -0.39 is 17.5 Å². The van der Waals surface area contributed by atoms with E-state index in [1.807, 2.05) is 6.92 Å². The third-order valence-electron chi connectivity index (χ3n) is 3.17. The van der Waals surface area contributed by atoms with Gasteiger partial charge in [0, 0.05) is 5.56 Å². The van der Waals surface area contributed by atoms with E-state index in [-0.39, 0.29) is 5.56 Å². The number of hydrogen-bond donors (Lipinski definition) is 0. The molecule has 0 N–H and O–H groups in total. The molecule has 2 aromatic rings.